The summed E-state index contributed by atoms with van der Waals surface area (Å²) in [7, 11) is 0. The second-order valence-electron chi connectivity index (χ2n) is 3.96. The van der Waals surface area contributed by atoms with Crippen molar-refractivity contribution >= 4 is 73.5 Å². The summed E-state index contributed by atoms with van der Waals surface area (Å²) in [6.45, 7) is 0.347. The van der Waals surface area contributed by atoms with Crippen LogP contribution in [0.15, 0.2) is 20.8 Å². The first kappa shape index (κ1) is 15.7. The van der Waals surface area contributed by atoms with Crippen molar-refractivity contribution < 1.29 is 14.7 Å². The normalized spacial score (nSPS) is 17.2. The van der Waals surface area contributed by atoms with Gasteiger partial charge >= 0.3 is 5.97 Å². The number of thioether (sulfide) groups is 1. The number of hydrogen-bond acceptors (Lipinski definition) is 5. The highest BCUT2D eigenvalue weighted by atomic mass is 79.9. The van der Waals surface area contributed by atoms with Gasteiger partial charge in [0.05, 0.1) is 4.91 Å². The van der Waals surface area contributed by atoms with Crippen molar-refractivity contribution in [2.45, 2.75) is 12.8 Å². The SMILES string of the molecule is O=C(O)CCCN1C(=O)C(=Cc2sccc2Br)SC1=S. The molecule has 1 aliphatic rings. The van der Waals surface area contributed by atoms with Gasteiger partial charge in [-0.3, -0.25) is 14.5 Å². The topological polar surface area (TPSA) is 57.6 Å². The average molecular weight is 392 g/mol. The molecule has 8 heteroatoms. The third-order valence-corrected chi connectivity index (χ3v) is 5.75. The summed E-state index contributed by atoms with van der Waals surface area (Å²) in [5, 5.41) is 10.6. The second-order valence-corrected chi connectivity index (χ2v) is 7.44. The van der Waals surface area contributed by atoms with Gasteiger partial charge in [0.1, 0.15) is 4.32 Å². The number of carboxylic acid groups (broad SMARTS) is 1. The van der Waals surface area contributed by atoms with Crippen molar-refractivity contribution in [1.82, 2.24) is 4.90 Å². The molecule has 1 fully saturated rings. The van der Waals surface area contributed by atoms with Gasteiger partial charge in [0, 0.05) is 22.3 Å². The predicted molar refractivity (Wildman–Crippen MR) is 88.8 cm³/mol. The lowest BCUT2D eigenvalue weighted by molar-refractivity contribution is -0.137. The molecule has 1 aliphatic heterocycles. The van der Waals surface area contributed by atoms with Crippen molar-refractivity contribution in [1.29, 1.82) is 0 Å². The molecule has 0 aromatic carbocycles. The molecule has 1 amide bonds. The monoisotopic (exact) mass is 391 g/mol. The zero-order valence-electron chi connectivity index (χ0n) is 10.2. The van der Waals surface area contributed by atoms with Crippen LogP contribution in [0.4, 0.5) is 0 Å². The Kier molecular flexibility index (Phi) is 5.36. The Bertz CT molecular complexity index is 597. The molecule has 1 aromatic heterocycles. The molecule has 1 aromatic rings. The smallest absolute Gasteiger partial charge is 0.303 e. The van der Waals surface area contributed by atoms with Crippen molar-refractivity contribution in [3.05, 3.63) is 25.7 Å². The van der Waals surface area contributed by atoms with Gasteiger partial charge in [-0.05, 0) is 39.9 Å². The minimum Gasteiger partial charge on any atom is -0.481 e. The zero-order chi connectivity index (χ0) is 14.7. The number of carbonyl (C=O) groups excluding carboxylic acids is 1. The first-order chi connectivity index (χ1) is 9.49. The Morgan fingerprint density at radius 3 is 2.90 bits per heavy atom. The number of thiophene rings is 1. The zero-order valence-corrected chi connectivity index (χ0v) is 14.2. The lowest BCUT2D eigenvalue weighted by Gasteiger charge is -2.13. The van der Waals surface area contributed by atoms with Gasteiger partial charge in [-0.1, -0.05) is 24.0 Å². The van der Waals surface area contributed by atoms with E-state index in [0.717, 1.165) is 9.35 Å². The number of carbonyl (C=O) groups is 2. The van der Waals surface area contributed by atoms with E-state index < -0.39 is 5.97 Å². The van der Waals surface area contributed by atoms with E-state index in [9.17, 15) is 9.59 Å². The summed E-state index contributed by atoms with van der Waals surface area (Å²) in [4.78, 5) is 25.7. The lowest BCUT2D eigenvalue weighted by atomic mass is 10.3. The number of hydrogen-bond donors (Lipinski definition) is 1. The number of thiocarbonyl (C=S) groups is 1. The van der Waals surface area contributed by atoms with Crippen LogP contribution in [-0.4, -0.2) is 32.7 Å². The van der Waals surface area contributed by atoms with Crippen LogP contribution < -0.4 is 0 Å². The molecule has 1 saturated heterocycles. The summed E-state index contributed by atoms with van der Waals surface area (Å²) >= 11 is 11.4. The number of aliphatic carboxylic acids is 1. The summed E-state index contributed by atoms with van der Waals surface area (Å²) in [6, 6.07) is 1.92. The third kappa shape index (κ3) is 3.69. The minimum absolute atomic E-state index is 0.0343. The Morgan fingerprint density at radius 2 is 2.30 bits per heavy atom. The molecule has 0 aliphatic carbocycles. The van der Waals surface area contributed by atoms with Crippen molar-refractivity contribution in [3.63, 3.8) is 0 Å². The van der Waals surface area contributed by atoms with Crippen LogP contribution >= 0.6 is 51.2 Å². The molecule has 0 spiro atoms. The van der Waals surface area contributed by atoms with E-state index in [0.29, 0.717) is 22.2 Å². The second kappa shape index (κ2) is 6.84. The van der Waals surface area contributed by atoms with Crippen LogP contribution in [0.1, 0.15) is 17.7 Å². The molecular weight excluding hydrogens is 382 g/mol. The highest BCUT2D eigenvalue weighted by Gasteiger charge is 2.31. The average Bonchev–Trinajstić information content (AvgIpc) is 2.88. The van der Waals surface area contributed by atoms with Crippen LogP contribution in [0.25, 0.3) is 6.08 Å². The number of carboxylic acids is 1. The standard InChI is InChI=1S/C12H10BrNO3S3/c13-7-3-5-19-8(7)6-9-11(17)14(12(18)20-9)4-1-2-10(15)16/h3,5-6H,1-2,4H2,(H,15,16). The van der Waals surface area contributed by atoms with Gasteiger partial charge < -0.3 is 5.11 Å². The van der Waals surface area contributed by atoms with Gasteiger partial charge in [-0.25, -0.2) is 0 Å². The van der Waals surface area contributed by atoms with Gasteiger partial charge in [-0.15, -0.1) is 11.3 Å². The summed E-state index contributed by atoms with van der Waals surface area (Å²) < 4.78 is 1.43. The van der Waals surface area contributed by atoms with Crippen LogP contribution in [0.2, 0.25) is 0 Å². The van der Waals surface area contributed by atoms with E-state index in [1.807, 2.05) is 17.5 Å². The van der Waals surface area contributed by atoms with E-state index in [4.69, 9.17) is 17.3 Å². The van der Waals surface area contributed by atoms with Crippen molar-refractivity contribution in [2.24, 2.45) is 0 Å². The quantitative estimate of drug-likeness (QED) is 0.613. The van der Waals surface area contributed by atoms with Gasteiger partial charge in [0.25, 0.3) is 5.91 Å². The largest absolute Gasteiger partial charge is 0.481 e. The maximum atomic E-state index is 12.2. The summed E-state index contributed by atoms with van der Waals surface area (Å²) in [6.07, 6.45) is 2.25. The van der Waals surface area contributed by atoms with Crippen LogP contribution in [0.3, 0.4) is 0 Å². The van der Waals surface area contributed by atoms with Gasteiger partial charge in [-0.2, -0.15) is 0 Å². The predicted octanol–water partition coefficient (Wildman–Crippen LogP) is 3.58. The molecule has 1 N–H and O–H groups in total. The molecule has 0 unspecified atom stereocenters. The molecule has 2 rings (SSSR count). The third-order valence-electron chi connectivity index (χ3n) is 2.55. The maximum Gasteiger partial charge on any atom is 0.303 e. The fourth-order valence-electron chi connectivity index (χ4n) is 1.61. The fraction of sp³-hybridized carbons (Fsp3) is 0.250. The first-order valence-corrected chi connectivity index (χ1v) is 8.59. The molecule has 2 heterocycles. The van der Waals surface area contributed by atoms with E-state index in [-0.39, 0.29) is 12.3 Å². The Morgan fingerprint density at radius 1 is 1.55 bits per heavy atom. The van der Waals surface area contributed by atoms with Crippen LogP contribution in [0.5, 0.6) is 0 Å². The van der Waals surface area contributed by atoms with Crippen molar-refractivity contribution in [2.75, 3.05) is 6.54 Å². The van der Waals surface area contributed by atoms with Gasteiger partial charge in [0.15, 0.2) is 0 Å². The van der Waals surface area contributed by atoms with Crippen LogP contribution in [-0.2, 0) is 9.59 Å². The molecule has 4 nitrogen and oxygen atoms in total. The van der Waals surface area contributed by atoms with Gasteiger partial charge in [0.2, 0.25) is 0 Å². The van der Waals surface area contributed by atoms with E-state index in [1.165, 1.54) is 28.0 Å². The van der Waals surface area contributed by atoms with E-state index >= 15 is 0 Å². The van der Waals surface area contributed by atoms with E-state index in [2.05, 4.69) is 15.9 Å². The molecule has 106 valence electrons. The Hall–Kier alpha value is -0.700. The molecule has 0 radical (unpaired) electrons. The first-order valence-electron chi connectivity index (χ1n) is 5.69. The minimum atomic E-state index is -0.867. The van der Waals surface area contributed by atoms with E-state index in [1.54, 1.807) is 0 Å². The molecule has 0 bridgehead atoms. The fourth-order valence-corrected chi connectivity index (χ4v) is 4.39. The summed E-state index contributed by atoms with van der Waals surface area (Å²) in [5.41, 5.74) is 0. The Balaban J connectivity index is 2.07. The Labute approximate surface area is 138 Å². The van der Waals surface area contributed by atoms with Crippen LogP contribution in [0, 0.1) is 0 Å². The molecule has 0 atom stereocenters. The highest BCUT2D eigenvalue weighted by molar-refractivity contribution is 9.10. The molecular formula is C12H10BrNO3S3. The number of rotatable bonds is 5. The number of halogens is 1. The maximum absolute atomic E-state index is 12.2. The summed E-state index contributed by atoms with van der Waals surface area (Å²) in [5.74, 6) is -1.01. The highest BCUT2D eigenvalue weighted by Crippen LogP contribution is 2.35. The van der Waals surface area contributed by atoms with Crippen molar-refractivity contribution in [3.8, 4) is 0 Å². The lowest BCUT2D eigenvalue weighted by Crippen LogP contribution is -2.29. The number of nitrogens with zero attached hydrogens (tertiary/aromatic N) is 1. The number of amides is 1. The molecule has 0 saturated carbocycles. The molecule has 20 heavy (non-hydrogen) atoms.